The number of anilines is 1. The van der Waals surface area contributed by atoms with Gasteiger partial charge in [0, 0.05) is 41.8 Å². The minimum atomic E-state index is -1.09. The van der Waals surface area contributed by atoms with Crippen LogP contribution in [0.4, 0.5) is 5.69 Å². The number of hydrogen-bond acceptors (Lipinski definition) is 6. The topological polar surface area (TPSA) is 109 Å². The summed E-state index contributed by atoms with van der Waals surface area (Å²) < 4.78 is 5.37. The standard InChI is InChI=1S/C24H23N3O5/c1-2-27-11-10-20-18(13-27)22(17-8-3-4-9-19(17)26-20)24(31)32-14-21(28)25-16-7-5-6-15(12-16)23(29)30/h3-9,12H,2,10-11,13-14H2,1H3,(H,25,28)(H,29,30). The van der Waals surface area contributed by atoms with Crippen molar-refractivity contribution in [1.29, 1.82) is 0 Å². The Balaban J connectivity index is 1.54. The molecule has 0 aliphatic carbocycles. The molecule has 2 heterocycles. The maximum Gasteiger partial charge on any atom is 0.339 e. The van der Waals surface area contributed by atoms with Gasteiger partial charge in [-0.2, -0.15) is 0 Å². The van der Waals surface area contributed by atoms with E-state index in [2.05, 4.69) is 17.1 Å². The molecule has 1 aromatic heterocycles. The van der Waals surface area contributed by atoms with Crippen LogP contribution in [0.5, 0.6) is 0 Å². The Morgan fingerprint density at radius 2 is 1.97 bits per heavy atom. The molecule has 3 aromatic rings. The van der Waals surface area contributed by atoms with E-state index in [1.807, 2.05) is 24.3 Å². The number of carboxylic acid groups (broad SMARTS) is 1. The first-order valence-electron chi connectivity index (χ1n) is 10.4. The highest BCUT2D eigenvalue weighted by Gasteiger charge is 2.26. The van der Waals surface area contributed by atoms with Gasteiger partial charge in [-0.15, -0.1) is 0 Å². The van der Waals surface area contributed by atoms with E-state index >= 15 is 0 Å². The SMILES string of the molecule is CCN1CCc2nc3ccccc3c(C(=O)OCC(=O)Nc3cccc(C(=O)O)c3)c2C1. The van der Waals surface area contributed by atoms with Gasteiger partial charge in [-0.05, 0) is 30.8 Å². The van der Waals surface area contributed by atoms with Gasteiger partial charge in [0.2, 0.25) is 0 Å². The number of likely N-dealkylation sites (N-methyl/N-ethyl adjacent to an activating group) is 1. The van der Waals surface area contributed by atoms with Crippen molar-refractivity contribution in [2.24, 2.45) is 0 Å². The number of fused-ring (bicyclic) bond motifs is 2. The molecule has 0 spiro atoms. The first-order valence-corrected chi connectivity index (χ1v) is 10.4. The van der Waals surface area contributed by atoms with Crippen LogP contribution in [0, 0.1) is 0 Å². The van der Waals surface area contributed by atoms with E-state index in [0.29, 0.717) is 23.2 Å². The molecule has 0 saturated carbocycles. The molecular formula is C24H23N3O5. The van der Waals surface area contributed by atoms with E-state index in [9.17, 15) is 14.4 Å². The number of nitrogens with zero attached hydrogens (tertiary/aromatic N) is 2. The van der Waals surface area contributed by atoms with Gasteiger partial charge in [-0.1, -0.05) is 31.2 Å². The zero-order chi connectivity index (χ0) is 22.7. The summed E-state index contributed by atoms with van der Waals surface area (Å²) in [6.07, 6.45) is 0.745. The number of carboxylic acids is 1. The summed E-state index contributed by atoms with van der Waals surface area (Å²) >= 11 is 0. The highest BCUT2D eigenvalue weighted by atomic mass is 16.5. The van der Waals surface area contributed by atoms with Gasteiger partial charge < -0.3 is 15.2 Å². The Morgan fingerprint density at radius 3 is 2.75 bits per heavy atom. The van der Waals surface area contributed by atoms with Crippen LogP contribution >= 0.6 is 0 Å². The zero-order valence-corrected chi connectivity index (χ0v) is 17.6. The normalized spacial score (nSPS) is 13.4. The number of hydrogen-bond donors (Lipinski definition) is 2. The Morgan fingerprint density at radius 1 is 1.16 bits per heavy atom. The van der Waals surface area contributed by atoms with E-state index in [4.69, 9.17) is 14.8 Å². The third kappa shape index (κ3) is 4.45. The molecule has 0 radical (unpaired) electrons. The average Bonchev–Trinajstić information content (AvgIpc) is 2.80. The summed E-state index contributed by atoms with van der Waals surface area (Å²) in [6, 6.07) is 13.3. The lowest BCUT2D eigenvalue weighted by Crippen LogP contribution is -2.32. The lowest BCUT2D eigenvalue weighted by Gasteiger charge is -2.28. The largest absolute Gasteiger partial charge is 0.478 e. The number of rotatable bonds is 6. The maximum atomic E-state index is 13.1. The number of esters is 1. The molecule has 8 nitrogen and oxygen atoms in total. The third-order valence-corrected chi connectivity index (χ3v) is 5.50. The number of pyridine rings is 1. The van der Waals surface area contributed by atoms with Crippen LogP contribution in [0.3, 0.4) is 0 Å². The second-order valence-electron chi connectivity index (χ2n) is 7.56. The molecule has 1 amide bonds. The summed E-state index contributed by atoms with van der Waals surface area (Å²) in [4.78, 5) is 43.5. The third-order valence-electron chi connectivity index (χ3n) is 5.50. The molecule has 164 valence electrons. The molecule has 1 aliphatic heterocycles. The zero-order valence-electron chi connectivity index (χ0n) is 17.6. The van der Waals surface area contributed by atoms with Crippen molar-refractivity contribution in [2.75, 3.05) is 25.0 Å². The number of carbonyl (C=O) groups is 3. The van der Waals surface area contributed by atoms with Crippen molar-refractivity contribution >= 4 is 34.4 Å². The lowest BCUT2D eigenvalue weighted by molar-refractivity contribution is -0.119. The van der Waals surface area contributed by atoms with E-state index in [-0.39, 0.29) is 5.56 Å². The quantitative estimate of drug-likeness (QED) is 0.575. The van der Waals surface area contributed by atoms with Crippen LogP contribution < -0.4 is 5.32 Å². The molecule has 0 bridgehead atoms. The second-order valence-corrected chi connectivity index (χ2v) is 7.56. The van der Waals surface area contributed by atoms with E-state index in [1.165, 1.54) is 18.2 Å². The first kappa shape index (κ1) is 21.5. The molecule has 32 heavy (non-hydrogen) atoms. The summed E-state index contributed by atoms with van der Waals surface area (Å²) in [5.74, 6) is -2.22. The fourth-order valence-corrected chi connectivity index (χ4v) is 3.88. The van der Waals surface area contributed by atoms with Crippen LogP contribution in [0.1, 0.15) is 38.9 Å². The minimum Gasteiger partial charge on any atom is -0.478 e. The van der Waals surface area contributed by atoms with E-state index < -0.39 is 24.5 Å². The number of nitrogens with one attached hydrogen (secondary N) is 1. The molecule has 2 N–H and O–H groups in total. The fourth-order valence-electron chi connectivity index (χ4n) is 3.88. The molecule has 0 fully saturated rings. The highest BCUT2D eigenvalue weighted by molar-refractivity contribution is 6.06. The van der Waals surface area contributed by atoms with Gasteiger partial charge >= 0.3 is 11.9 Å². The number of aromatic carboxylic acids is 1. The monoisotopic (exact) mass is 433 g/mol. The number of amides is 1. The predicted octanol–water partition coefficient (Wildman–Crippen LogP) is 3.11. The highest BCUT2D eigenvalue weighted by Crippen LogP contribution is 2.28. The van der Waals surface area contributed by atoms with Crippen molar-refractivity contribution in [3.05, 3.63) is 70.9 Å². The number of para-hydroxylation sites is 1. The van der Waals surface area contributed by atoms with Crippen LogP contribution in [0.2, 0.25) is 0 Å². The maximum absolute atomic E-state index is 13.1. The number of benzene rings is 2. The molecule has 0 saturated heterocycles. The Labute approximate surface area is 184 Å². The van der Waals surface area contributed by atoms with Gasteiger partial charge in [0.1, 0.15) is 0 Å². The molecule has 0 unspecified atom stereocenters. The van der Waals surface area contributed by atoms with Crippen molar-refractivity contribution in [2.45, 2.75) is 19.9 Å². The number of carbonyl (C=O) groups excluding carboxylic acids is 2. The molecule has 4 rings (SSSR count). The Hall–Kier alpha value is -3.78. The van der Waals surface area contributed by atoms with Crippen LogP contribution in [-0.4, -0.2) is 52.5 Å². The van der Waals surface area contributed by atoms with Crippen LogP contribution in [-0.2, 0) is 22.5 Å². The van der Waals surface area contributed by atoms with Gasteiger partial charge in [0.25, 0.3) is 5.91 Å². The predicted molar refractivity (Wildman–Crippen MR) is 119 cm³/mol. The van der Waals surface area contributed by atoms with Gasteiger partial charge in [-0.3, -0.25) is 14.7 Å². The molecule has 8 heteroatoms. The smallest absolute Gasteiger partial charge is 0.339 e. The van der Waals surface area contributed by atoms with Crippen molar-refractivity contribution < 1.29 is 24.2 Å². The average molecular weight is 433 g/mol. The second kappa shape index (κ2) is 9.15. The van der Waals surface area contributed by atoms with Crippen LogP contribution in [0.25, 0.3) is 10.9 Å². The van der Waals surface area contributed by atoms with E-state index in [0.717, 1.165) is 36.3 Å². The summed E-state index contributed by atoms with van der Waals surface area (Å²) in [7, 11) is 0. The number of aromatic nitrogens is 1. The summed E-state index contributed by atoms with van der Waals surface area (Å²) in [6.45, 7) is 3.92. The van der Waals surface area contributed by atoms with E-state index in [1.54, 1.807) is 6.07 Å². The van der Waals surface area contributed by atoms with Gasteiger partial charge in [0.05, 0.1) is 16.6 Å². The van der Waals surface area contributed by atoms with Crippen molar-refractivity contribution in [3.8, 4) is 0 Å². The lowest BCUT2D eigenvalue weighted by atomic mass is 9.96. The molecule has 1 aliphatic rings. The summed E-state index contributed by atoms with van der Waals surface area (Å²) in [5.41, 5.74) is 3.26. The van der Waals surface area contributed by atoms with Gasteiger partial charge in [0.15, 0.2) is 6.61 Å². The Kier molecular flexibility index (Phi) is 6.13. The molecule has 2 aromatic carbocycles. The summed E-state index contributed by atoms with van der Waals surface area (Å²) in [5, 5.41) is 12.3. The first-order chi connectivity index (χ1) is 15.5. The molecule has 0 atom stereocenters. The van der Waals surface area contributed by atoms with Crippen molar-refractivity contribution in [3.63, 3.8) is 0 Å². The Bertz CT molecular complexity index is 1210. The number of ether oxygens (including phenoxy) is 1. The minimum absolute atomic E-state index is 0.0511. The van der Waals surface area contributed by atoms with Gasteiger partial charge in [-0.25, -0.2) is 9.59 Å². The fraction of sp³-hybridized carbons (Fsp3) is 0.250. The van der Waals surface area contributed by atoms with Crippen LogP contribution in [0.15, 0.2) is 48.5 Å². The molecular weight excluding hydrogens is 410 g/mol. The van der Waals surface area contributed by atoms with Crippen molar-refractivity contribution in [1.82, 2.24) is 9.88 Å².